The largest absolute Gasteiger partial charge is 0.481 e. The lowest BCUT2D eigenvalue weighted by Gasteiger charge is -2.05. The molecule has 3 nitrogen and oxygen atoms in total. The highest BCUT2D eigenvalue weighted by atomic mass is 32.1. The molecule has 1 N–H and O–H groups in total. The predicted octanol–water partition coefficient (Wildman–Crippen LogP) is 1.78. The Bertz CT molecular complexity index is 421. The molecule has 0 radical (unpaired) electrons. The summed E-state index contributed by atoms with van der Waals surface area (Å²) in [6.07, 6.45) is -0.0641. The summed E-state index contributed by atoms with van der Waals surface area (Å²) in [4.78, 5) is 11.0. The van der Waals surface area contributed by atoms with Crippen molar-refractivity contribution >= 4 is 18.6 Å². The van der Waals surface area contributed by atoms with E-state index in [0.29, 0.717) is 16.0 Å². The molecular formula is C10H9NO2S. The molecule has 14 heavy (non-hydrogen) atoms. The normalized spacial score (nSPS) is 9.50. The van der Waals surface area contributed by atoms with Crippen molar-refractivity contribution < 1.29 is 9.90 Å². The van der Waals surface area contributed by atoms with E-state index in [4.69, 9.17) is 10.4 Å². The predicted molar refractivity (Wildman–Crippen MR) is 54.5 cm³/mol. The minimum Gasteiger partial charge on any atom is -0.481 e. The Hall–Kier alpha value is -1.47. The first-order valence-electron chi connectivity index (χ1n) is 3.99. The van der Waals surface area contributed by atoms with Gasteiger partial charge in [0.25, 0.3) is 0 Å². The molecule has 0 atom stereocenters. The van der Waals surface area contributed by atoms with E-state index in [-0.39, 0.29) is 6.42 Å². The van der Waals surface area contributed by atoms with Gasteiger partial charge in [-0.05, 0) is 24.1 Å². The minimum absolute atomic E-state index is 0.0641. The van der Waals surface area contributed by atoms with Gasteiger partial charge in [-0.1, -0.05) is 6.07 Å². The Morgan fingerprint density at radius 3 is 2.79 bits per heavy atom. The minimum atomic E-state index is -0.899. The summed E-state index contributed by atoms with van der Waals surface area (Å²) in [5.41, 5.74) is 1.95. The molecule has 1 aromatic carbocycles. The molecule has 0 aliphatic heterocycles. The number of carbonyl (C=O) groups is 1. The Balaban J connectivity index is 3.16. The van der Waals surface area contributed by atoms with Crippen molar-refractivity contribution in [2.24, 2.45) is 0 Å². The number of carboxylic acid groups (broad SMARTS) is 1. The maximum absolute atomic E-state index is 10.5. The molecule has 0 bridgehead atoms. The lowest BCUT2D eigenvalue weighted by Crippen LogP contribution is -2.02. The molecule has 0 aromatic heterocycles. The number of benzene rings is 1. The van der Waals surface area contributed by atoms with Crippen LogP contribution in [0.1, 0.15) is 16.7 Å². The molecule has 4 heteroatoms. The monoisotopic (exact) mass is 207 g/mol. The second-order valence-electron chi connectivity index (χ2n) is 2.98. The third kappa shape index (κ3) is 2.27. The van der Waals surface area contributed by atoms with Crippen LogP contribution in [0.3, 0.4) is 0 Å². The number of aliphatic carboxylic acids is 1. The van der Waals surface area contributed by atoms with Crippen LogP contribution in [0, 0.1) is 18.3 Å². The second-order valence-corrected chi connectivity index (χ2v) is 3.46. The van der Waals surface area contributed by atoms with E-state index in [1.807, 2.05) is 6.07 Å². The van der Waals surface area contributed by atoms with Crippen molar-refractivity contribution in [3.8, 4) is 6.07 Å². The van der Waals surface area contributed by atoms with Gasteiger partial charge in [0.1, 0.15) is 0 Å². The molecule has 0 saturated heterocycles. The SMILES string of the molecule is Cc1cc(CC(=O)O)c(S)cc1C#N. The van der Waals surface area contributed by atoms with E-state index >= 15 is 0 Å². The van der Waals surface area contributed by atoms with Gasteiger partial charge in [-0.2, -0.15) is 5.26 Å². The van der Waals surface area contributed by atoms with Crippen LogP contribution in [0.2, 0.25) is 0 Å². The number of hydrogen-bond donors (Lipinski definition) is 2. The zero-order chi connectivity index (χ0) is 10.7. The quantitative estimate of drug-likeness (QED) is 0.727. The number of nitriles is 1. The van der Waals surface area contributed by atoms with Crippen molar-refractivity contribution in [1.29, 1.82) is 5.26 Å². The van der Waals surface area contributed by atoms with Crippen molar-refractivity contribution in [3.05, 3.63) is 28.8 Å². The number of thiol groups is 1. The van der Waals surface area contributed by atoms with Crippen LogP contribution in [0.15, 0.2) is 17.0 Å². The van der Waals surface area contributed by atoms with Gasteiger partial charge >= 0.3 is 5.97 Å². The lowest BCUT2D eigenvalue weighted by molar-refractivity contribution is -0.136. The average Bonchev–Trinajstić information content (AvgIpc) is 2.10. The first kappa shape index (κ1) is 10.6. The summed E-state index contributed by atoms with van der Waals surface area (Å²) in [5.74, 6) is -0.899. The number of aryl methyl sites for hydroxylation is 1. The number of hydrogen-bond acceptors (Lipinski definition) is 3. The zero-order valence-corrected chi connectivity index (χ0v) is 8.51. The molecule has 0 heterocycles. The number of nitrogens with zero attached hydrogens (tertiary/aromatic N) is 1. The maximum atomic E-state index is 10.5. The van der Waals surface area contributed by atoms with Crippen LogP contribution < -0.4 is 0 Å². The van der Waals surface area contributed by atoms with Crippen LogP contribution in [0.4, 0.5) is 0 Å². The molecule has 0 aliphatic rings. The Labute approximate surface area is 87.4 Å². The molecule has 0 amide bonds. The Morgan fingerprint density at radius 1 is 1.64 bits per heavy atom. The van der Waals surface area contributed by atoms with Crippen LogP contribution in [-0.4, -0.2) is 11.1 Å². The maximum Gasteiger partial charge on any atom is 0.307 e. The van der Waals surface area contributed by atoms with Crippen LogP contribution >= 0.6 is 12.6 Å². The van der Waals surface area contributed by atoms with Gasteiger partial charge in [0.2, 0.25) is 0 Å². The van der Waals surface area contributed by atoms with Gasteiger partial charge in [-0.25, -0.2) is 0 Å². The Kier molecular flexibility index (Phi) is 3.15. The molecule has 0 fully saturated rings. The van der Waals surface area contributed by atoms with Crippen molar-refractivity contribution in [1.82, 2.24) is 0 Å². The molecule has 0 unspecified atom stereocenters. The van der Waals surface area contributed by atoms with E-state index in [9.17, 15) is 4.79 Å². The highest BCUT2D eigenvalue weighted by molar-refractivity contribution is 7.80. The van der Waals surface area contributed by atoms with E-state index in [0.717, 1.165) is 5.56 Å². The summed E-state index contributed by atoms with van der Waals surface area (Å²) in [6.45, 7) is 1.77. The summed E-state index contributed by atoms with van der Waals surface area (Å²) in [7, 11) is 0. The summed E-state index contributed by atoms with van der Waals surface area (Å²) < 4.78 is 0. The van der Waals surface area contributed by atoms with E-state index in [1.165, 1.54) is 0 Å². The first-order valence-corrected chi connectivity index (χ1v) is 4.43. The average molecular weight is 207 g/mol. The lowest BCUT2D eigenvalue weighted by atomic mass is 10.0. The molecular weight excluding hydrogens is 198 g/mol. The third-order valence-electron chi connectivity index (χ3n) is 1.89. The van der Waals surface area contributed by atoms with Gasteiger partial charge in [0, 0.05) is 4.90 Å². The van der Waals surface area contributed by atoms with Gasteiger partial charge in [0.15, 0.2) is 0 Å². The van der Waals surface area contributed by atoms with Crippen molar-refractivity contribution in [2.75, 3.05) is 0 Å². The highest BCUT2D eigenvalue weighted by Gasteiger charge is 2.07. The van der Waals surface area contributed by atoms with E-state index in [2.05, 4.69) is 12.6 Å². The zero-order valence-electron chi connectivity index (χ0n) is 7.61. The standard InChI is InChI=1S/C10H9NO2S/c1-6-2-7(4-10(12)13)9(14)3-8(6)5-11/h2-3,14H,4H2,1H3,(H,12,13). The van der Waals surface area contributed by atoms with Gasteiger partial charge < -0.3 is 5.11 Å². The number of carboxylic acids is 1. The van der Waals surface area contributed by atoms with Gasteiger partial charge in [-0.3, -0.25) is 4.79 Å². The molecule has 0 saturated carbocycles. The highest BCUT2D eigenvalue weighted by Crippen LogP contribution is 2.19. The summed E-state index contributed by atoms with van der Waals surface area (Å²) >= 11 is 4.13. The van der Waals surface area contributed by atoms with Crippen LogP contribution in [0.25, 0.3) is 0 Å². The van der Waals surface area contributed by atoms with E-state index < -0.39 is 5.97 Å². The smallest absolute Gasteiger partial charge is 0.307 e. The number of rotatable bonds is 2. The topological polar surface area (TPSA) is 61.1 Å². The van der Waals surface area contributed by atoms with Crippen LogP contribution in [0.5, 0.6) is 0 Å². The molecule has 0 spiro atoms. The fourth-order valence-electron chi connectivity index (χ4n) is 1.18. The third-order valence-corrected chi connectivity index (χ3v) is 2.30. The van der Waals surface area contributed by atoms with Crippen LogP contribution in [-0.2, 0) is 11.2 Å². The second kappa shape index (κ2) is 4.16. The van der Waals surface area contributed by atoms with E-state index in [1.54, 1.807) is 19.1 Å². The fourth-order valence-corrected chi connectivity index (χ4v) is 1.45. The molecule has 1 aromatic rings. The summed E-state index contributed by atoms with van der Waals surface area (Å²) in [6, 6.07) is 5.30. The Morgan fingerprint density at radius 2 is 2.29 bits per heavy atom. The van der Waals surface area contributed by atoms with Crippen molar-refractivity contribution in [2.45, 2.75) is 18.2 Å². The van der Waals surface area contributed by atoms with Gasteiger partial charge in [-0.15, -0.1) is 12.6 Å². The first-order chi connectivity index (χ1) is 6.54. The summed E-state index contributed by atoms with van der Waals surface area (Å²) in [5, 5.41) is 17.3. The van der Waals surface area contributed by atoms with Crippen molar-refractivity contribution in [3.63, 3.8) is 0 Å². The molecule has 0 aliphatic carbocycles. The fraction of sp³-hybridized carbons (Fsp3) is 0.200. The molecule has 1 rings (SSSR count). The molecule has 72 valence electrons. The van der Waals surface area contributed by atoms with Gasteiger partial charge in [0.05, 0.1) is 18.1 Å².